The van der Waals surface area contributed by atoms with Gasteiger partial charge in [-0.1, -0.05) is 44.5 Å². The van der Waals surface area contributed by atoms with Gasteiger partial charge in [0.25, 0.3) is 0 Å². The molecule has 102 valence electrons. The third-order valence-electron chi connectivity index (χ3n) is 3.86. The summed E-state index contributed by atoms with van der Waals surface area (Å²) in [4.78, 5) is 0. The Hall–Kier alpha value is -1.54. The second-order valence-corrected chi connectivity index (χ2v) is 5.21. The molecule has 0 saturated heterocycles. The molecule has 2 N–H and O–H groups in total. The van der Waals surface area contributed by atoms with Crippen molar-refractivity contribution >= 4 is 10.8 Å². The molecule has 2 rings (SSSR count). The normalized spacial score (nSPS) is 14.3. The molecule has 2 atom stereocenters. The summed E-state index contributed by atoms with van der Waals surface area (Å²) >= 11 is 0. The predicted molar refractivity (Wildman–Crippen MR) is 81.8 cm³/mol. The number of nitrogens with two attached hydrogens (primary N) is 1. The van der Waals surface area contributed by atoms with Crippen molar-refractivity contribution < 1.29 is 4.74 Å². The highest BCUT2D eigenvalue weighted by Gasteiger charge is 2.14. The van der Waals surface area contributed by atoms with E-state index in [1.165, 1.54) is 16.3 Å². The van der Waals surface area contributed by atoms with Gasteiger partial charge in [0.2, 0.25) is 0 Å². The molecule has 0 aliphatic rings. The number of hydrogen-bond donors (Lipinski definition) is 1. The van der Waals surface area contributed by atoms with Crippen LogP contribution in [0, 0.1) is 0 Å². The van der Waals surface area contributed by atoms with Gasteiger partial charge < -0.3 is 10.5 Å². The summed E-state index contributed by atoms with van der Waals surface area (Å²) in [6.07, 6.45) is 2.21. The molecule has 0 radical (unpaired) electrons. The lowest BCUT2D eigenvalue weighted by Crippen LogP contribution is -2.26. The first kappa shape index (κ1) is 13.9. The van der Waals surface area contributed by atoms with Crippen LogP contribution < -0.4 is 10.5 Å². The molecule has 0 spiro atoms. The van der Waals surface area contributed by atoms with E-state index in [2.05, 4.69) is 44.2 Å². The number of methoxy groups -OCH3 is 1. The first-order chi connectivity index (χ1) is 9.15. The molecule has 0 heterocycles. The van der Waals surface area contributed by atoms with Crippen molar-refractivity contribution in [3.8, 4) is 5.75 Å². The quantitative estimate of drug-likeness (QED) is 0.876. The smallest absolute Gasteiger partial charge is 0.119 e. The molecule has 0 amide bonds. The number of rotatable bonds is 5. The fraction of sp³-hybridized carbons (Fsp3) is 0.412. The number of hydrogen-bond acceptors (Lipinski definition) is 2. The van der Waals surface area contributed by atoms with Gasteiger partial charge in [0.1, 0.15) is 5.75 Å². The van der Waals surface area contributed by atoms with E-state index in [0.29, 0.717) is 5.92 Å². The highest BCUT2D eigenvalue weighted by Crippen LogP contribution is 2.27. The highest BCUT2D eigenvalue weighted by atomic mass is 16.5. The monoisotopic (exact) mass is 257 g/mol. The third-order valence-corrected chi connectivity index (χ3v) is 3.86. The van der Waals surface area contributed by atoms with E-state index in [1.54, 1.807) is 7.11 Å². The van der Waals surface area contributed by atoms with Crippen LogP contribution in [-0.4, -0.2) is 13.2 Å². The maximum Gasteiger partial charge on any atom is 0.119 e. The molecular formula is C17H23NO. The van der Waals surface area contributed by atoms with Gasteiger partial charge >= 0.3 is 0 Å². The molecule has 0 fully saturated rings. The van der Waals surface area contributed by atoms with Gasteiger partial charge in [-0.15, -0.1) is 0 Å². The number of fused-ring (bicyclic) bond motifs is 1. The maximum atomic E-state index is 6.23. The van der Waals surface area contributed by atoms with Crippen LogP contribution in [0.15, 0.2) is 36.4 Å². The summed E-state index contributed by atoms with van der Waals surface area (Å²) in [5, 5.41) is 2.45. The van der Waals surface area contributed by atoms with Crippen molar-refractivity contribution in [3.63, 3.8) is 0 Å². The summed E-state index contributed by atoms with van der Waals surface area (Å²) in [5.41, 5.74) is 7.55. The van der Waals surface area contributed by atoms with Crippen LogP contribution >= 0.6 is 0 Å². The maximum absolute atomic E-state index is 6.23. The average Bonchev–Trinajstić information content (AvgIpc) is 2.45. The minimum atomic E-state index is 0.237. The minimum absolute atomic E-state index is 0.237. The van der Waals surface area contributed by atoms with Gasteiger partial charge in [-0.2, -0.15) is 0 Å². The summed E-state index contributed by atoms with van der Waals surface area (Å²) < 4.78 is 5.25. The van der Waals surface area contributed by atoms with Gasteiger partial charge in [-0.05, 0) is 40.8 Å². The van der Waals surface area contributed by atoms with Crippen molar-refractivity contribution in [2.75, 3.05) is 7.11 Å². The third kappa shape index (κ3) is 3.07. The van der Waals surface area contributed by atoms with E-state index in [4.69, 9.17) is 10.5 Å². The lowest BCUT2D eigenvalue weighted by atomic mass is 9.90. The predicted octanol–water partition coefficient (Wildman–Crippen LogP) is 4.08. The highest BCUT2D eigenvalue weighted by molar-refractivity contribution is 5.84. The molecular weight excluding hydrogens is 234 g/mol. The topological polar surface area (TPSA) is 35.2 Å². The van der Waals surface area contributed by atoms with Crippen LogP contribution in [0.1, 0.15) is 38.2 Å². The Labute approximate surface area is 115 Å². The Morgan fingerprint density at radius 1 is 1.11 bits per heavy atom. The van der Waals surface area contributed by atoms with E-state index < -0.39 is 0 Å². The zero-order chi connectivity index (χ0) is 13.8. The summed E-state index contributed by atoms with van der Waals surface area (Å²) in [6, 6.07) is 13.0. The standard InChI is InChI=1S/C17H23NO/c1-4-5-17(18)12(2)13-6-7-15-11-16(19-3)9-8-14(15)10-13/h6-12,17H,4-5,18H2,1-3H3. The van der Waals surface area contributed by atoms with Gasteiger partial charge in [0.05, 0.1) is 7.11 Å². The van der Waals surface area contributed by atoms with E-state index in [0.717, 1.165) is 18.6 Å². The van der Waals surface area contributed by atoms with Gasteiger partial charge in [-0.3, -0.25) is 0 Å². The lowest BCUT2D eigenvalue weighted by molar-refractivity contribution is 0.415. The van der Waals surface area contributed by atoms with E-state index in [9.17, 15) is 0 Å². The van der Waals surface area contributed by atoms with E-state index in [-0.39, 0.29) is 6.04 Å². The molecule has 19 heavy (non-hydrogen) atoms. The molecule has 0 aromatic heterocycles. The van der Waals surface area contributed by atoms with Crippen LogP contribution in [0.3, 0.4) is 0 Å². The molecule has 2 heteroatoms. The van der Waals surface area contributed by atoms with Gasteiger partial charge in [-0.25, -0.2) is 0 Å². The van der Waals surface area contributed by atoms with Crippen LogP contribution in [0.2, 0.25) is 0 Å². The van der Waals surface area contributed by atoms with Crippen molar-refractivity contribution in [1.29, 1.82) is 0 Å². The Morgan fingerprint density at radius 3 is 2.47 bits per heavy atom. The van der Waals surface area contributed by atoms with Crippen LogP contribution in [0.5, 0.6) is 5.75 Å². The Bertz CT molecular complexity index is 550. The summed E-state index contributed by atoms with van der Waals surface area (Å²) in [5.74, 6) is 1.29. The van der Waals surface area contributed by atoms with Crippen LogP contribution in [-0.2, 0) is 0 Å². The van der Waals surface area contributed by atoms with Crippen LogP contribution in [0.25, 0.3) is 10.8 Å². The summed E-state index contributed by atoms with van der Waals surface area (Å²) in [7, 11) is 1.70. The summed E-state index contributed by atoms with van der Waals surface area (Å²) in [6.45, 7) is 4.39. The first-order valence-corrected chi connectivity index (χ1v) is 6.99. The SMILES string of the molecule is CCCC(N)C(C)c1ccc2cc(OC)ccc2c1. The molecule has 0 aliphatic heterocycles. The number of benzene rings is 2. The zero-order valence-corrected chi connectivity index (χ0v) is 12.0. The van der Waals surface area contributed by atoms with E-state index in [1.807, 2.05) is 6.07 Å². The molecule has 2 nitrogen and oxygen atoms in total. The van der Waals surface area contributed by atoms with Gasteiger partial charge in [0.15, 0.2) is 0 Å². The first-order valence-electron chi connectivity index (χ1n) is 6.99. The largest absolute Gasteiger partial charge is 0.497 e. The van der Waals surface area contributed by atoms with Crippen LogP contribution in [0.4, 0.5) is 0 Å². The fourth-order valence-electron chi connectivity index (χ4n) is 2.48. The minimum Gasteiger partial charge on any atom is -0.497 e. The Balaban J connectivity index is 2.31. The van der Waals surface area contributed by atoms with Crippen molar-refractivity contribution in [2.45, 2.75) is 38.6 Å². The number of ether oxygens (including phenoxy) is 1. The molecule has 2 aromatic rings. The average molecular weight is 257 g/mol. The van der Waals surface area contributed by atoms with E-state index >= 15 is 0 Å². The van der Waals surface area contributed by atoms with Crippen molar-refractivity contribution in [2.24, 2.45) is 5.73 Å². The fourth-order valence-corrected chi connectivity index (χ4v) is 2.48. The Kier molecular flexibility index (Phi) is 4.43. The Morgan fingerprint density at radius 2 is 1.79 bits per heavy atom. The zero-order valence-electron chi connectivity index (χ0n) is 12.0. The second-order valence-electron chi connectivity index (χ2n) is 5.21. The molecule has 0 aliphatic carbocycles. The molecule has 2 aromatic carbocycles. The van der Waals surface area contributed by atoms with Gasteiger partial charge in [0, 0.05) is 6.04 Å². The molecule has 2 unspecified atom stereocenters. The lowest BCUT2D eigenvalue weighted by Gasteiger charge is -2.20. The second kappa shape index (κ2) is 6.07. The molecule has 0 bridgehead atoms. The molecule has 0 saturated carbocycles. The van der Waals surface area contributed by atoms with Crippen molar-refractivity contribution in [3.05, 3.63) is 42.0 Å². The van der Waals surface area contributed by atoms with Crippen molar-refractivity contribution in [1.82, 2.24) is 0 Å².